The van der Waals surface area contributed by atoms with Gasteiger partial charge in [0.25, 0.3) is 0 Å². The highest BCUT2D eigenvalue weighted by molar-refractivity contribution is 5.63. The number of hydrogen-bond acceptors (Lipinski definition) is 1. The van der Waals surface area contributed by atoms with Crippen molar-refractivity contribution in [3.63, 3.8) is 0 Å². The molecule has 0 aromatic heterocycles. The number of rotatable bonds is 2. The second-order valence-electron chi connectivity index (χ2n) is 6.01. The van der Waals surface area contributed by atoms with Gasteiger partial charge >= 0.3 is 0 Å². The van der Waals surface area contributed by atoms with Crippen LogP contribution in [0.3, 0.4) is 0 Å². The fraction of sp³-hybridized carbons (Fsp3) is 0.333. The highest BCUT2D eigenvalue weighted by Gasteiger charge is 2.34. The summed E-state index contributed by atoms with van der Waals surface area (Å²) in [4.78, 5) is 0. The van der Waals surface area contributed by atoms with Gasteiger partial charge in [-0.05, 0) is 41.4 Å². The van der Waals surface area contributed by atoms with Gasteiger partial charge in [-0.1, -0.05) is 61.5 Å². The highest BCUT2D eigenvalue weighted by Crippen LogP contribution is 2.40. The van der Waals surface area contributed by atoms with Gasteiger partial charge in [0.15, 0.2) is 0 Å². The third-order valence-corrected chi connectivity index (χ3v) is 4.47. The lowest BCUT2D eigenvalue weighted by molar-refractivity contribution is 0.482. The lowest BCUT2D eigenvalue weighted by atomic mass is 9.80. The van der Waals surface area contributed by atoms with E-state index >= 15 is 0 Å². The van der Waals surface area contributed by atoms with Gasteiger partial charge in [-0.2, -0.15) is 0 Å². The normalized spacial score (nSPS) is 26.5. The van der Waals surface area contributed by atoms with E-state index in [4.69, 9.17) is 5.73 Å². The molecule has 1 heteroatoms. The molecule has 0 radical (unpaired) electrons. The summed E-state index contributed by atoms with van der Waals surface area (Å²) >= 11 is 0. The molecule has 0 bridgehead atoms. The van der Waals surface area contributed by atoms with E-state index in [-0.39, 0.29) is 5.41 Å². The molecule has 1 fully saturated rings. The molecule has 0 amide bonds. The van der Waals surface area contributed by atoms with E-state index in [1.807, 2.05) is 0 Å². The van der Waals surface area contributed by atoms with Crippen LogP contribution in [0.25, 0.3) is 11.1 Å². The number of hydrogen-bond donors (Lipinski definition) is 1. The van der Waals surface area contributed by atoms with Gasteiger partial charge in [-0.15, -0.1) is 0 Å². The Kier molecular flexibility index (Phi) is 3.16. The molecule has 2 N–H and O–H groups in total. The predicted molar refractivity (Wildman–Crippen MR) is 81.1 cm³/mol. The Balaban J connectivity index is 1.87. The van der Waals surface area contributed by atoms with Crippen LogP contribution in [-0.4, -0.2) is 6.04 Å². The van der Waals surface area contributed by atoms with Crippen molar-refractivity contribution in [2.75, 3.05) is 0 Å². The molecular weight excluding hydrogens is 230 g/mol. The fourth-order valence-electron chi connectivity index (χ4n) is 3.24. The standard InChI is InChI=1S/C18H21N/c1-18(12-11-17(19)13-18)16-9-7-15(8-10-16)14-5-3-2-4-6-14/h2-10,17H,11-13,19H2,1H3. The SMILES string of the molecule is CC1(c2ccc(-c3ccccc3)cc2)CCC(N)C1. The van der Waals surface area contributed by atoms with Gasteiger partial charge < -0.3 is 5.73 Å². The third-order valence-electron chi connectivity index (χ3n) is 4.47. The van der Waals surface area contributed by atoms with Crippen LogP contribution in [0.4, 0.5) is 0 Å². The average molecular weight is 251 g/mol. The van der Waals surface area contributed by atoms with Crippen LogP contribution in [0.5, 0.6) is 0 Å². The fourth-order valence-corrected chi connectivity index (χ4v) is 3.24. The average Bonchev–Trinajstić information content (AvgIpc) is 2.81. The summed E-state index contributed by atoms with van der Waals surface area (Å²) < 4.78 is 0. The Morgan fingerprint density at radius 2 is 1.58 bits per heavy atom. The summed E-state index contributed by atoms with van der Waals surface area (Å²) in [6.45, 7) is 2.34. The largest absolute Gasteiger partial charge is 0.328 e. The van der Waals surface area contributed by atoms with Gasteiger partial charge in [0.1, 0.15) is 0 Å². The minimum Gasteiger partial charge on any atom is -0.328 e. The first-order valence-electron chi connectivity index (χ1n) is 7.09. The summed E-state index contributed by atoms with van der Waals surface area (Å²) in [6.07, 6.45) is 3.47. The van der Waals surface area contributed by atoms with Crippen LogP contribution in [0.1, 0.15) is 31.7 Å². The molecule has 0 aliphatic heterocycles. The molecule has 3 rings (SSSR count). The molecule has 2 aromatic carbocycles. The molecule has 0 heterocycles. The molecule has 2 aromatic rings. The van der Waals surface area contributed by atoms with Crippen molar-refractivity contribution in [3.05, 3.63) is 60.2 Å². The summed E-state index contributed by atoms with van der Waals surface area (Å²) in [5, 5.41) is 0. The summed E-state index contributed by atoms with van der Waals surface area (Å²) in [5.41, 5.74) is 10.3. The summed E-state index contributed by atoms with van der Waals surface area (Å²) in [6, 6.07) is 19.9. The Bertz CT molecular complexity index is 544. The van der Waals surface area contributed by atoms with Crippen molar-refractivity contribution < 1.29 is 0 Å². The molecule has 1 saturated carbocycles. The summed E-state index contributed by atoms with van der Waals surface area (Å²) in [5.74, 6) is 0. The lowest BCUT2D eigenvalue weighted by Crippen LogP contribution is -2.22. The maximum Gasteiger partial charge on any atom is 0.00475 e. The Hall–Kier alpha value is -1.60. The quantitative estimate of drug-likeness (QED) is 0.853. The van der Waals surface area contributed by atoms with Crippen molar-refractivity contribution in [3.8, 4) is 11.1 Å². The van der Waals surface area contributed by atoms with Crippen molar-refractivity contribution in [2.24, 2.45) is 5.73 Å². The summed E-state index contributed by atoms with van der Waals surface area (Å²) in [7, 11) is 0. The van der Waals surface area contributed by atoms with Crippen molar-refractivity contribution in [2.45, 2.75) is 37.6 Å². The smallest absolute Gasteiger partial charge is 0.00475 e. The zero-order valence-corrected chi connectivity index (χ0v) is 11.5. The van der Waals surface area contributed by atoms with E-state index in [0.29, 0.717) is 6.04 Å². The molecule has 98 valence electrons. The second-order valence-corrected chi connectivity index (χ2v) is 6.01. The molecule has 0 saturated heterocycles. The van der Waals surface area contributed by atoms with E-state index in [0.717, 1.165) is 12.8 Å². The molecule has 2 unspecified atom stereocenters. The van der Waals surface area contributed by atoms with Crippen molar-refractivity contribution >= 4 is 0 Å². The minimum absolute atomic E-state index is 0.272. The van der Waals surface area contributed by atoms with Crippen LogP contribution in [0.15, 0.2) is 54.6 Å². The van der Waals surface area contributed by atoms with Crippen LogP contribution >= 0.6 is 0 Å². The van der Waals surface area contributed by atoms with Crippen LogP contribution in [0.2, 0.25) is 0 Å². The molecule has 0 spiro atoms. The van der Waals surface area contributed by atoms with Gasteiger partial charge in [0, 0.05) is 6.04 Å². The van der Waals surface area contributed by atoms with Gasteiger partial charge in [-0.3, -0.25) is 0 Å². The first-order chi connectivity index (χ1) is 9.17. The van der Waals surface area contributed by atoms with Crippen molar-refractivity contribution in [1.29, 1.82) is 0 Å². The molecule has 19 heavy (non-hydrogen) atoms. The van der Waals surface area contributed by atoms with E-state index in [1.165, 1.54) is 23.1 Å². The van der Waals surface area contributed by atoms with E-state index < -0.39 is 0 Å². The molecule has 2 atom stereocenters. The van der Waals surface area contributed by atoms with E-state index in [1.54, 1.807) is 0 Å². The van der Waals surface area contributed by atoms with Crippen LogP contribution < -0.4 is 5.73 Å². The van der Waals surface area contributed by atoms with Crippen LogP contribution in [0, 0.1) is 0 Å². The van der Waals surface area contributed by atoms with E-state index in [2.05, 4.69) is 61.5 Å². The minimum atomic E-state index is 0.272. The molecular formula is C18H21N. The highest BCUT2D eigenvalue weighted by atomic mass is 14.7. The van der Waals surface area contributed by atoms with E-state index in [9.17, 15) is 0 Å². The monoisotopic (exact) mass is 251 g/mol. The first kappa shape index (κ1) is 12.4. The Morgan fingerprint density at radius 3 is 2.16 bits per heavy atom. The van der Waals surface area contributed by atoms with Crippen molar-refractivity contribution in [1.82, 2.24) is 0 Å². The zero-order valence-electron chi connectivity index (χ0n) is 11.5. The number of benzene rings is 2. The predicted octanol–water partition coefficient (Wildman–Crippen LogP) is 4.12. The third kappa shape index (κ3) is 2.43. The van der Waals surface area contributed by atoms with Crippen LogP contribution in [-0.2, 0) is 5.41 Å². The first-order valence-corrected chi connectivity index (χ1v) is 7.09. The Labute approximate surface area is 115 Å². The maximum atomic E-state index is 6.07. The molecule has 1 aliphatic carbocycles. The molecule has 1 nitrogen and oxygen atoms in total. The maximum absolute atomic E-state index is 6.07. The topological polar surface area (TPSA) is 26.0 Å². The lowest BCUT2D eigenvalue weighted by Gasteiger charge is -2.24. The van der Waals surface area contributed by atoms with Gasteiger partial charge in [-0.25, -0.2) is 0 Å². The number of nitrogens with two attached hydrogens (primary N) is 1. The molecule has 1 aliphatic rings. The zero-order chi connectivity index (χ0) is 13.3. The Morgan fingerprint density at radius 1 is 0.947 bits per heavy atom. The van der Waals surface area contributed by atoms with Gasteiger partial charge in [0.05, 0.1) is 0 Å². The van der Waals surface area contributed by atoms with Gasteiger partial charge in [0.2, 0.25) is 0 Å². The second kappa shape index (κ2) is 4.82.